The van der Waals surface area contributed by atoms with Crippen LogP contribution >= 0.6 is 0 Å². The van der Waals surface area contributed by atoms with Crippen molar-refractivity contribution in [2.24, 2.45) is 5.73 Å². The summed E-state index contributed by atoms with van der Waals surface area (Å²) in [6.45, 7) is 12.8. The maximum Gasteiger partial charge on any atom is 0.167 e. The summed E-state index contributed by atoms with van der Waals surface area (Å²) in [7, 11) is 1.86. The summed E-state index contributed by atoms with van der Waals surface area (Å²) >= 11 is 0. The third-order valence-electron chi connectivity index (χ3n) is 1.75. The number of hydrogen-bond donors (Lipinski definition) is 2. The molecule has 0 aliphatic carbocycles. The fraction of sp³-hybridized carbons (Fsp3) is 0.643. The molecule has 0 amide bonds. The molecule has 1 heterocycles. The molecule has 0 aromatic rings. The Bertz CT molecular complexity index is 233. The molecule has 0 unspecified atom stereocenters. The van der Waals surface area contributed by atoms with Crippen molar-refractivity contribution in [3.05, 3.63) is 23.5 Å². The Kier molecular flexibility index (Phi) is 22.0. The van der Waals surface area contributed by atoms with E-state index in [1.54, 1.807) is 11.1 Å². The van der Waals surface area contributed by atoms with Crippen LogP contribution in [0.25, 0.3) is 0 Å². The molecule has 108 valence electrons. The van der Waals surface area contributed by atoms with Crippen molar-refractivity contribution in [3.63, 3.8) is 0 Å². The number of rotatable bonds is 2. The first-order valence-electron chi connectivity index (χ1n) is 6.69. The van der Waals surface area contributed by atoms with Crippen molar-refractivity contribution in [1.82, 2.24) is 10.4 Å². The van der Waals surface area contributed by atoms with Gasteiger partial charge in [0.2, 0.25) is 0 Å². The highest BCUT2D eigenvalue weighted by atomic mass is 16.1. The van der Waals surface area contributed by atoms with Gasteiger partial charge in [-0.2, -0.15) is 0 Å². The highest BCUT2D eigenvalue weighted by Crippen LogP contribution is 2.04. The van der Waals surface area contributed by atoms with Gasteiger partial charge in [0.05, 0.1) is 5.70 Å². The summed E-state index contributed by atoms with van der Waals surface area (Å²) < 4.78 is 0. The summed E-state index contributed by atoms with van der Waals surface area (Å²) in [5.41, 5.74) is 9.58. The van der Waals surface area contributed by atoms with Gasteiger partial charge in [-0.3, -0.25) is 15.2 Å². The second-order valence-corrected chi connectivity index (χ2v) is 3.01. The summed E-state index contributed by atoms with van der Waals surface area (Å²) in [4.78, 5) is 10.2. The van der Waals surface area contributed by atoms with Gasteiger partial charge in [-0.25, -0.2) is 0 Å². The first-order chi connectivity index (χ1) is 8.65. The molecular formula is C14H31N3O. The molecule has 4 heteroatoms. The lowest BCUT2D eigenvalue weighted by Crippen LogP contribution is -2.34. The molecule has 0 saturated carbocycles. The Morgan fingerprint density at radius 3 is 2.00 bits per heavy atom. The van der Waals surface area contributed by atoms with E-state index in [1.807, 2.05) is 47.7 Å². The summed E-state index contributed by atoms with van der Waals surface area (Å²) in [6.07, 6.45) is 5.53. The van der Waals surface area contributed by atoms with Crippen LogP contribution in [-0.4, -0.2) is 24.9 Å². The molecular weight excluding hydrogens is 226 g/mol. The van der Waals surface area contributed by atoms with Crippen molar-refractivity contribution in [3.8, 4) is 0 Å². The fourth-order valence-electron chi connectivity index (χ4n) is 0.707. The summed E-state index contributed by atoms with van der Waals surface area (Å²) in [6, 6.07) is 0. The van der Waals surface area contributed by atoms with Gasteiger partial charge in [-0.05, 0) is 32.0 Å². The predicted molar refractivity (Wildman–Crippen MR) is 80.8 cm³/mol. The predicted octanol–water partition coefficient (Wildman–Crippen LogP) is 2.83. The van der Waals surface area contributed by atoms with Gasteiger partial charge in [-0.1, -0.05) is 34.6 Å². The number of hydrazine groups is 1. The van der Waals surface area contributed by atoms with Crippen LogP contribution in [0, 0.1) is 0 Å². The maximum atomic E-state index is 10.2. The first-order valence-corrected chi connectivity index (χ1v) is 6.69. The smallest absolute Gasteiger partial charge is 0.167 e. The zero-order chi connectivity index (χ0) is 15.0. The Labute approximate surface area is 113 Å². The topological polar surface area (TPSA) is 58.4 Å². The molecule has 0 atom stereocenters. The van der Waals surface area contributed by atoms with Crippen LogP contribution in [0.15, 0.2) is 23.5 Å². The van der Waals surface area contributed by atoms with Crippen molar-refractivity contribution in [2.75, 3.05) is 13.6 Å². The highest BCUT2D eigenvalue weighted by Gasteiger charge is 2.03. The van der Waals surface area contributed by atoms with Crippen molar-refractivity contribution >= 4 is 6.29 Å². The van der Waals surface area contributed by atoms with Crippen LogP contribution in [0.2, 0.25) is 0 Å². The number of aldehydes is 1. The lowest BCUT2D eigenvalue weighted by Gasteiger charge is -2.24. The minimum absolute atomic E-state index is 0.591. The zero-order valence-corrected chi connectivity index (χ0v) is 13.1. The van der Waals surface area contributed by atoms with E-state index in [1.165, 1.54) is 0 Å². The van der Waals surface area contributed by atoms with Crippen LogP contribution in [0.4, 0.5) is 0 Å². The van der Waals surface area contributed by atoms with Crippen molar-refractivity contribution in [1.29, 1.82) is 0 Å². The van der Waals surface area contributed by atoms with Crippen LogP contribution < -0.4 is 11.2 Å². The molecule has 4 nitrogen and oxygen atoms in total. The van der Waals surface area contributed by atoms with Gasteiger partial charge in [0.15, 0.2) is 6.29 Å². The second-order valence-electron chi connectivity index (χ2n) is 3.01. The van der Waals surface area contributed by atoms with E-state index in [0.717, 1.165) is 24.9 Å². The quantitative estimate of drug-likeness (QED) is 0.747. The van der Waals surface area contributed by atoms with Crippen LogP contribution in [0.1, 0.15) is 48.0 Å². The molecule has 1 rings (SSSR count). The number of nitrogens with one attached hydrogen (secondary N) is 1. The Hall–Kier alpha value is -1.29. The van der Waals surface area contributed by atoms with Gasteiger partial charge < -0.3 is 5.73 Å². The molecule has 0 aromatic carbocycles. The first kappa shape index (κ1) is 21.9. The SMILES string of the molecule is CC.CC.CC1=CC=C(C=O)NN1C.CCCN. The number of allylic oxidation sites excluding steroid dienone is 4. The molecule has 18 heavy (non-hydrogen) atoms. The average molecular weight is 257 g/mol. The molecule has 1 aliphatic rings. The molecule has 0 aromatic heterocycles. The van der Waals surface area contributed by atoms with E-state index in [4.69, 9.17) is 5.73 Å². The van der Waals surface area contributed by atoms with Gasteiger partial charge in [0, 0.05) is 12.7 Å². The maximum absolute atomic E-state index is 10.2. The van der Waals surface area contributed by atoms with Crippen molar-refractivity contribution in [2.45, 2.75) is 48.0 Å². The van der Waals surface area contributed by atoms with Crippen LogP contribution in [0.3, 0.4) is 0 Å². The van der Waals surface area contributed by atoms with Gasteiger partial charge >= 0.3 is 0 Å². The number of nitrogens with two attached hydrogens (primary N) is 1. The molecule has 0 fully saturated rings. The molecule has 1 aliphatic heterocycles. The molecule has 0 saturated heterocycles. The van der Waals surface area contributed by atoms with E-state index in [0.29, 0.717) is 5.70 Å². The van der Waals surface area contributed by atoms with E-state index in [9.17, 15) is 4.79 Å². The second kappa shape index (κ2) is 18.1. The lowest BCUT2D eigenvalue weighted by atomic mass is 10.3. The third-order valence-corrected chi connectivity index (χ3v) is 1.75. The molecule has 0 spiro atoms. The Balaban J connectivity index is -0.000000238. The van der Waals surface area contributed by atoms with Gasteiger partial charge in [0.1, 0.15) is 0 Å². The largest absolute Gasteiger partial charge is 0.330 e. The number of nitrogens with zero attached hydrogens (tertiary/aromatic N) is 1. The van der Waals surface area contributed by atoms with E-state index in [-0.39, 0.29) is 0 Å². The Morgan fingerprint density at radius 2 is 1.72 bits per heavy atom. The highest BCUT2D eigenvalue weighted by molar-refractivity contribution is 5.73. The molecule has 0 bridgehead atoms. The fourth-order valence-corrected chi connectivity index (χ4v) is 0.707. The standard InChI is InChI=1S/C7H10N2O.C3H9N.2C2H6/c1-6-3-4-7(5-10)8-9(6)2;1-2-3-4;2*1-2/h3-5,8H,1-2H3;2-4H2,1H3;2*1-2H3. The van der Waals surface area contributed by atoms with E-state index >= 15 is 0 Å². The number of hydrogen-bond acceptors (Lipinski definition) is 4. The van der Waals surface area contributed by atoms with Gasteiger partial charge in [0.25, 0.3) is 0 Å². The van der Waals surface area contributed by atoms with Crippen LogP contribution in [-0.2, 0) is 4.79 Å². The molecule has 0 radical (unpaired) electrons. The summed E-state index contributed by atoms with van der Waals surface area (Å²) in [5, 5.41) is 1.80. The minimum Gasteiger partial charge on any atom is -0.330 e. The monoisotopic (exact) mass is 257 g/mol. The average Bonchev–Trinajstić information content (AvgIpc) is 2.46. The van der Waals surface area contributed by atoms with Crippen molar-refractivity contribution < 1.29 is 4.79 Å². The normalized spacial score (nSPS) is 11.9. The van der Waals surface area contributed by atoms with E-state index < -0.39 is 0 Å². The minimum atomic E-state index is 0.591. The van der Waals surface area contributed by atoms with E-state index in [2.05, 4.69) is 12.3 Å². The van der Waals surface area contributed by atoms with Gasteiger partial charge in [-0.15, -0.1) is 0 Å². The number of carbonyl (C=O) groups excluding carboxylic acids is 1. The molecule has 3 N–H and O–H groups in total. The summed E-state index contributed by atoms with van der Waals surface area (Å²) in [5.74, 6) is 0. The van der Waals surface area contributed by atoms with Crippen LogP contribution in [0.5, 0.6) is 0 Å². The Morgan fingerprint density at radius 1 is 1.28 bits per heavy atom. The lowest BCUT2D eigenvalue weighted by molar-refractivity contribution is -0.105. The number of carbonyl (C=O) groups is 1. The zero-order valence-electron chi connectivity index (χ0n) is 13.1. The third kappa shape index (κ3) is 12.8.